The molecule has 1 N–H and O–H groups in total. The van der Waals surface area contributed by atoms with E-state index in [9.17, 15) is 4.79 Å². The molecule has 1 atom stereocenters. The lowest BCUT2D eigenvalue weighted by atomic mass is 10.0. The molecule has 14 heavy (non-hydrogen) atoms. The summed E-state index contributed by atoms with van der Waals surface area (Å²) in [5, 5.41) is 10.5. The molecule has 0 spiro atoms. The highest BCUT2D eigenvalue weighted by molar-refractivity contribution is 5.73. The third-order valence-corrected chi connectivity index (χ3v) is 1.97. The van der Waals surface area contributed by atoms with Gasteiger partial charge in [0, 0.05) is 6.54 Å². The molecule has 0 aromatic rings. The zero-order valence-corrected chi connectivity index (χ0v) is 8.99. The molecule has 1 unspecified atom stereocenters. The monoisotopic (exact) mass is 200 g/mol. The number of nitrogens with zero attached hydrogens (tertiary/aromatic N) is 1. The average molecular weight is 200 g/mol. The number of rotatable bonds is 2. The zero-order valence-electron chi connectivity index (χ0n) is 8.99. The van der Waals surface area contributed by atoms with E-state index < -0.39 is 12.0 Å². The zero-order chi connectivity index (χ0) is 10.8. The van der Waals surface area contributed by atoms with Crippen molar-refractivity contribution >= 4 is 5.97 Å². The minimum atomic E-state index is -0.815. The van der Waals surface area contributed by atoms with Crippen LogP contribution >= 0.6 is 0 Å². The van der Waals surface area contributed by atoms with Gasteiger partial charge >= 0.3 is 5.97 Å². The minimum absolute atomic E-state index is 0.328. The van der Waals surface area contributed by atoms with E-state index in [1.54, 1.807) is 5.06 Å². The molecule has 81 valence electrons. The average Bonchev–Trinajstić information content (AvgIpc) is 2.01. The second kappa shape index (κ2) is 4.28. The molecule has 0 saturated carbocycles. The quantitative estimate of drug-likeness (QED) is 0.733. The molecule has 0 aromatic heterocycles. The van der Waals surface area contributed by atoms with Gasteiger partial charge in [0.1, 0.15) is 6.04 Å². The number of hydrogen-bond acceptors (Lipinski definition) is 3. The molecule has 1 saturated heterocycles. The van der Waals surface area contributed by atoms with Crippen LogP contribution in [0, 0.1) is 6.42 Å². The van der Waals surface area contributed by atoms with Crippen LogP contribution in [0.3, 0.4) is 0 Å². The van der Waals surface area contributed by atoms with Gasteiger partial charge in [0.2, 0.25) is 0 Å². The van der Waals surface area contributed by atoms with Gasteiger partial charge < -0.3 is 5.11 Å². The van der Waals surface area contributed by atoms with Gasteiger partial charge in [-0.1, -0.05) is 0 Å². The first kappa shape index (κ1) is 11.5. The van der Waals surface area contributed by atoms with Crippen LogP contribution in [-0.4, -0.2) is 34.3 Å². The third kappa shape index (κ3) is 3.27. The van der Waals surface area contributed by atoms with Crippen molar-refractivity contribution in [3.8, 4) is 0 Å². The molecule has 0 amide bonds. The number of piperidine rings is 1. The maximum Gasteiger partial charge on any atom is 0.323 e. The normalized spacial score (nSPS) is 24.9. The van der Waals surface area contributed by atoms with Crippen LogP contribution < -0.4 is 0 Å². The van der Waals surface area contributed by atoms with Crippen molar-refractivity contribution in [2.24, 2.45) is 0 Å². The Morgan fingerprint density at radius 2 is 2.21 bits per heavy atom. The number of hydrogen-bond donors (Lipinski definition) is 1. The minimum Gasteiger partial charge on any atom is -0.480 e. The molecule has 1 heterocycles. The lowest BCUT2D eigenvalue weighted by Gasteiger charge is -2.36. The van der Waals surface area contributed by atoms with E-state index in [0.29, 0.717) is 13.0 Å². The summed E-state index contributed by atoms with van der Waals surface area (Å²) < 4.78 is 0. The molecule has 4 heteroatoms. The first-order chi connectivity index (χ1) is 6.40. The summed E-state index contributed by atoms with van der Waals surface area (Å²) >= 11 is 0. The maximum atomic E-state index is 10.9. The second-order valence-corrected chi connectivity index (χ2v) is 4.51. The molecule has 0 bridgehead atoms. The first-order valence-electron chi connectivity index (χ1n) is 4.90. The molecule has 4 nitrogen and oxygen atoms in total. The third-order valence-electron chi connectivity index (χ3n) is 1.97. The topological polar surface area (TPSA) is 49.8 Å². The summed E-state index contributed by atoms with van der Waals surface area (Å²) in [4.78, 5) is 16.5. The molecule has 0 aromatic carbocycles. The van der Waals surface area contributed by atoms with Crippen molar-refractivity contribution in [2.75, 3.05) is 6.54 Å². The predicted molar refractivity (Wildman–Crippen MR) is 52.5 cm³/mol. The van der Waals surface area contributed by atoms with E-state index in [2.05, 4.69) is 0 Å². The fraction of sp³-hybridized carbons (Fsp3) is 0.800. The lowest BCUT2D eigenvalue weighted by molar-refractivity contribution is -0.254. The highest BCUT2D eigenvalue weighted by Crippen LogP contribution is 2.21. The highest BCUT2D eigenvalue weighted by Gasteiger charge is 2.32. The highest BCUT2D eigenvalue weighted by atomic mass is 16.7. The Labute approximate surface area is 84.8 Å². The number of aliphatic carboxylic acids is 1. The van der Waals surface area contributed by atoms with Gasteiger partial charge in [-0.15, -0.1) is 0 Å². The Bertz CT molecular complexity index is 210. The molecule has 1 aliphatic rings. The SMILES string of the molecule is CC(C)(C)ON1CC[CH]CC1C(=O)O. The fourth-order valence-corrected chi connectivity index (χ4v) is 1.45. The second-order valence-electron chi connectivity index (χ2n) is 4.51. The summed E-state index contributed by atoms with van der Waals surface area (Å²) in [7, 11) is 0. The van der Waals surface area contributed by atoms with E-state index in [1.165, 1.54) is 0 Å². The number of hydroxylamine groups is 2. The van der Waals surface area contributed by atoms with Crippen LogP contribution in [-0.2, 0) is 9.63 Å². The Morgan fingerprint density at radius 1 is 1.57 bits per heavy atom. The van der Waals surface area contributed by atoms with Crippen LogP contribution in [0.2, 0.25) is 0 Å². The van der Waals surface area contributed by atoms with Crippen LogP contribution in [0.1, 0.15) is 33.6 Å². The Balaban J connectivity index is 2.59. The van der Waals surface area contributed by atoms with E-state index in [1.807, 2.05) is 27.2 Å². The van der Waals surface area contributed by atoms with Crippen molar-refractivity contribution in [1.82, 2.24) is 5.06 Å². The Morgan fingerprint density at radius 3 is 2.71 bits per heavy atom. The summed E-state index contributed by atoms with van der Waals surface area (Å²) in [5.74, 6) is -0.815. The van der Waals surface area contributed by atoms with Gasteiger partial charge in [-0.2, -0.15) is 5.06 Å². The smallest absolute Gasteiger partial charge is 0.323 e. The van der Waals surface area contributed by atoms with E-state index in [-0.39, 0.29) is 5.60 Å². The largest absolute Gasteiger partial charge is 0.480 e. The molecule has 1 rings (SSSR count). The maximum absolute atomic E-state index is 10.9. The van der Waals surface area contributed by atoms with E-state index in [0.717, 1.165) is 6.42 Å². The Kier molecular flexibility index (Phi) is 3.50. The molecule has 1 radical (unpaired) electrons. The molecule has 1 aliphatic heterocycles. The van der Waals surface area contributed by atoms with Crippen molar-refractivity contribution < 1.29 is 14.7 Å². The van der Waals surface area contributed by atoms with Crippen LogP contribution in [0.25, 0.3) is 0 Å². The molecular formula is C10H18NO3. The molecule has 1 fully saturated rings. The van der Waals surface area contributed by atoms with Gasteiger partial charge in [0.15, 0.2) is 0 Å². The number of carbonyl (C=O) groups is 1. The standard InChI is InChI=1S/C10H18NO3/c1-10(2,3)14-11-7-5-4-6-8(11)9(12)13/h4,8H,5-7H2,1-3H3,(H,12,13). The number of carboxylic acids is 1. The number of carboxylic acid groups (broad SMARTS) is 1. The Hall–Kier alpha value is -0.610. The summed E-state index contributed by atoms with van der Waals surface area (Å²) in [5.41, 5.74) is -0.328. The van der Waals surface area contributed by atoms with Crippen molar-refractivity contribution in [3.63, 3.8) is 0 Å². The van der Waals surface area contributed by atoms with Crippen LogP contribution in [0.15, 0.2) is 0 Å². The summed E-state index contributed by atoms with van der Waals surface area (Å²) in [6.07, 6.45) is 3.45. The lowest BCUT2D eigenvalue weighted by Crippen LogP contribution is -2.48. The van der Waals surface area contributed by atoms with Gasteiger partial charge in [-0.3, -0.25) is 9.63 Å². The molecular weight excluding hydrogens is 182 g/mol. The fourth-order valence-electron chi connectivity index (χ4n) is 1.45. The van der Waals surface area contributed by atoms with Gasteiger partial charge in [-0.25, -0.2) is 0 Å². The molecule has 0 aliphatic carbocycles. The summed E-state index contributed by atoms with van der Waals surface area (Å²) in [6, 6.07) is -0.525. The predicted octanol–water partition coefficient (Wildman–Crippen LogP) is 1.47. The van der Waals surface area contributed by atoms with Crippen molar-refractivity contribution in [3.05, 3.63) is 6.42 Å². The summed E-state index contributed by atoms with van der Waals surface area (Å²) in [6.45, 7) is 6.42. The van der Waals surface area contributed by atoms with E-state index in [4.69, 9.17) is 9.94 Å². The van der Waals surface area contributed by atoms with Crippen LogP contribution in [0.5, 0.6) is 0 Å². The van der Waals surface area contributed by atoms with Crippen LogP contribution in [0.4, 0.5) is 0 Å². The van der Waals surface area contributed by atoms with Gasteiger partial charge in [-0.05, 0) is 40.0 Å². The van der Waals surface area contributed by atoms with E-state index >= 15 is 0 Å². The van der Waals surface area contributed by atoms with Crippen molar-refractivity contribution in [1.29, 1.82) is 0 Å². The van der Waals surface area contributed by atoms with Crippen molar-refractivity contribution in [2.45, 2.75) is 45.3 Å². The first-order valence-corrected chi connectivity index (χ1v) is 4.90. The van der Waals surface area contributed by atoms with Gasteiger partial charge in [0.05, 0.1) is 5.60 Å². The van der Waals surface area contributed by atoms with Gasteiger partial charge in [0.25, 0.3) is 0 Å².